The van der Waals surface area contributed by atoms with Gasteiger partial charge in [-0.2, -0.15) is 0 Å². The first-order valence-corrected chi connectivity index (χ1v) is 8.43. The van der Waals surface area contributed by atoms with Crippen LogP contribution in [0.4, 0.5) is 5.69 Å². The van der Waals surface area contributed by atoms with Gasteiger partial charge in [-0.3, -0.25) is 4.79 Å². The van der Waals surface area contributed by atoms with Gasteiger partial charge in [0.1, 0.15) is 0 Å². The van der Waals surface area contributed by atoms with Crippen molar-refractivity contribution < 1.29 is 14.3 Å². The molecule has 3 N–H and O–H groups in total. The van der Waals surface area contributed by atoms with E-state index in [1.807, 2.05) is 24.3 Å². The van der Waals surface area contributed by atoms with Crippen molar-refractivity contribution in [3.05, 3.63) is 42.0 Å². The van der Waals surface area contributed by atoms with Gasteiger partial charge in [-0.15, -0.1) is 0 Å². The predicted molar refractivity (Wildman–Crippen MR) is 96.4 cm³/mol. The Morgan fingerprint density at radius 1 is 1.12 bits per heavy atom. The second-order valence-corrected chi connectivity index (χ2v) is 5.92. The van der Waals surface area contributed by atoms with Gasteiger partial charge in [0.2, 0.25) is 5.91 Å². The van der Waals surface area contributed by atoms with Crippen LogP contribution in [0.25, 0.3) is 0 Å². The van der Waals surface area contributed by atoms with Crippen LogP contribution in [-0.2, 0) is 20.7 Å². The van der Waals surface area contributed by atoms with Crippen LogP contribution < -0.4 is 11.1 Å². The maximum absolute atomic E-state index is 11.7. The number of carbonyl (C=O) groups excluding carboxylic acids is 2. The number of anilines is 1. The minimum absolute atomic E-state index is 0.0826. The zero-order valence-corrected chi connectivity index (χ0v) is 14.5. The lowest BCUT2D eigenvalue weighted by molar-refractivity contribution is -0.139. The summed E-state index contributed by atoms with van der Waals surface area (Å²) >= 11 is 0. The average molecular weight is 332 g/mol. The van der Waals surface area contributed by atoms with E-state index in [0.29, 0.717) is 25.1 Å². The van der Waals surface area contributed by atoms with Crippen molar-refractivity contribution in [1.29, 1.82) is 0 Å². The van der Waals surface area contributed by atoms with Crippen LogP contribution in [-0.4, -0.2) is 25.0 Å². The fourth-order valence-electron chi connectivity index (χ4n) is 2.15. The van der Waals surface area contributed by atoms with Gasteiger partial charge < -0.3 is 15.8 Å². The molecule has 0 aliphatic rings. The van der Waals surface area contributed by atoms with Crippen molar-refractivity contribution in [3.63, 3.8) is 0 Å². The number of nitrogen functional groups attached to an aromatic ring is 1. The molecule has 0 spiro atoms. The second kappa shape index (κ2) is 11.3. The Morgan fingerprint density at radius 3 is 2.46 bits per heavy atom. The van der Waals surface area contributed by atoms with E-state index >= 15 is 0 Å². The number of ether oxygens (including phenoxy) is 1. The normalized spacial score (nSPS) is 10.2. The maximum atomic E-state index is 11.7. The van der Waals surface area contributed by atoms with Crippen LogP contribution in [0.1, 0.15) is 44.6 Å². The summed E-state index contributed by atoms with van der Waals surface area (Å²) in [5.41, 5.74) is 7.96. The number of esters is 1. The van der Waals surface area contributed by atoms with Crippen LogP contribution in [0.15, 0.2) is 36.4 Å². The van der Waals surface area contributed by atoms with Gasteiger partial charge in [-0.1, -0.05) is 31.6 Å². The van der Waals surface area contributed by atoms with E-state index in [9.17, 15) is 9.59 Å². The summed E-state index contributed by atoms with van der Waals surface area (Å²) < 4.78 is 5.01. The van der Waals surface area contributed by atoms with Crippen LogP contribution in [0.3, 0.4) is 0 Å². The number of hydrogen-bond donors (Lipinski definition) is 2. The molecule has 0 saturated heterocycles. The standard InChI is InChI=1S/C19H28N2O3/c1-15(2)19(23)24-14-6-4-3-5-7-18(22)21-13-12-16-8-10-17(20)11-9-16/h8-11H,1,3-7,12-14,20H2,2H3,(H,21,22). The molecule has 1 amide bonds. The Kier molecular flexibility index (Phi) is 9.27. The molecule has 0 fully saturated rings. The van der Waals surface area contributed by atoms with Crippen LogP contribution in [0, 0.1) is 0 Å². The molecule has 0 atom stereocenters. The van der Waals surface area contributed by atoms with Crippen molar-refractivity contribution in [1.82, 2.24) is 5.32 Å². The smallest absolute Gasteiger partial charge is 0.333 e. The van der Waals surface area contributed by atoms with E-state index in [0.717, 1.165) is 43.4 Å². The molecule has 0 heterocycles. The zero-order valence-electron chi connectivity index (χ0n) is 14.5. The molecule has 0 radical (unpaired) electrons. The maximum Gasteiger partial charge on any atom is 0.333 e. The molecule has 5 nitrogen and oxygen atoms in total. The van der Waals surface area contributed by atoms with Gasteiger partial charge in [0.05, 0.1) is 6.61 Å². The second-order valence-electron chi connectivity index (χ2n) is 5.92. The number of carbonyl (C=O) groups is 2. The van der Waals surface area contributed by atoms with E-state index in [-0.39, 0.29) is 11.9 Å². The van der Waals surface area contributed by atoms with Crippen molar-refractivity contribution in [2.45, 2.75) is 45.4 Å². The zero-order chi connectivity index (χ0) is 17.8. The van der Waals surface area contributed by atoms with Crippen molar-refractivity contribution in [3.8, 4) is 0 Å². The monoisotopic (exact) mass is 332 g/mol. The molecule has 5 heteroatoms. The van der Waals surface area contributed by atoms with Gasteiger partial charge in [0.15, 0.2) is 0 Å². The minimum atomic E-state index is -0.338. The predicted octanol–water partition coefficient (Wildman–Crippen LogP) is 3.00. The average Bonchev–Trinajstić information content (AvgIpc) is 2.55. The number of hydrogen-bond acceptors (Lipinski definition) is 4. The first-order valence-electron chi connectivity index (χ1n) is 8.43. The number of benzene rings is 1. The van der Waals surface area contributed by atoms with Crippen molar-refractivity contribution >= 4 is 17.6 Å². The minimum Gasteiger partial charge on any atom is -0.462 e. The van der Waals surface area contributed by atoms with E-state index < -0.39 is 0 Å². The molecule has 0 aromatic heterocycles. The van der Waals surface area contributed by atoms with Crippen LogP contribution in [0.5, 0.6) is 0 Å². The molecule has 0 saturated carbocycles. The third-order valence-electron chi connectivity index (χ3n) is 3.60. The van der Waals surface area contributed by atoms with Crippen LogP contribution in [0.2, 0.25) is 0 Å². The first-order chi connectivity index (χ1) is 11.5. The summed E-state index contributed by atoms with van der Waals surface area (Å²) in [6.07, 6.45) is 4.91. The summed E-state index contributed by atoms with van der Waals surface area (Å²) in [7, 11) is 0. The lowest BCUT2D eigenvalue weighted by Crippen LogP contribution is -2.25. The summed E-state index contributed by atoms with van der Waals surface area (Å²) in [5, 5.41) is 2.93. The number of nitrogens with two attached hydrogens (primary N) is 1. The fraction of sp³-hybridized carbons (Fsp3) is 0.474. The van der Waals surface area contributed by atoms with E-state index in [1.165, 1.54) is 0 Å². The number of amides is 1. The highest BCUT2D eigenvalue weighted by Crippen LogP contribution is 2.06. The molecular weight excluding hydrogens is 304 g/mol. The molecule has 24 heavy (non-hydrogen) atoms. The molecule has 0 aliphatic heterocycles. The van der Waals surface area contributed by atoms with Gasteiger partial charge >= 0.3 is 5.97 Å². The molecule has 0 bridgehead atoms. The number of nitrogens with one attached hydrogen (secondary N) is 1. The molecule has 132 valence electrons. The SMILES string of the molecule is C=C(C)C(=O)OCCCCCCC(=O)NCCc1ccc(N)cc1. The third kappa shape index (κ3) is 8.98. The summed E-state index contributed by atoms with van der Waals surface area (Å²) in [4.78, 5) is 22.9. The number of rotatable bonds is 11. The highest BCUT2D eigenvalue weighted by Gasteiger charge is 2.03. The highest BCUT2D eigenvalue weighted by molar-refractivity contribution is 5.86. The van der Waals surface area contributed by atoms with Crippen molar-refractivity contribution in [2.75, 3.05) is 18.9 Å². The quantitative estimate of drug-likeness (QED) is 0.282. The molecule has 0 unspecified atom stereocenters. The van der Waals surface area contributed by atoms with Crippen molar-refractivity contribution in [2.24, 2.45) is 0 Å². The lowest BCUT2D eigenvalue weighted by Gasteiger charge is -2.06. The molecular formula is C19H28N2O3. The summed E-state index contributed by atoms with van der Waals surface area (Å²) in [5.74, 6) is -0.255. The molecule has 0 aliphatic carbocycles. The highest BCUT2D eigenvalue weighted by atomic mass is 16.5. The first kappa shape index (κ1) is 19.7. The largest absolute Gasteiger partial charge is 0.462 e. The third-order valence-corrected chi connectivity index (χ3v) is 3.60. The molecule has 1 rings (SSSR count). The Hall–Kier alpha value is -2.30. The van der Waals surface area contributed by atoms with Gasteiger partial charge in [0.25, 0.3) is 0 Å². The molecule has 1 aromatic rings. The Morgan fingerprint density at radius 2 is 1.79 bits per heavy atom. The lowest BCUT2D eigenvalue weighted by atomic mass is 10.1. The van der Waals surface area contributed by atoms with E-state index in [2.05, 4.69) is 11.9 Å². The fourth-order valence-corrected chi connectivity index (χ4v) is 2.15. The number of unbranched alkanes of at least 4 members (excludes halogenated alkanes) is 3. The Labute approximate surface area is 144 Å². The van der Waals surface area contributed by atoms with Gasteiger partial charge in [-0.05, 0) is 43.9 Å². The summed E-state index contributed by atoms with van der Waals surface area (Å²) in [6, 6.07) is 7.68. The Bertz CT molecular complexity index is 538. The topological polar surface area (TPSA) is 81.4 Å². The van der Waals surface area contributed by atoms with E-state index in [4.69, 9.17) is 10.5 Å². The van der Waals surface area contributed by atoms with E-state index in [1.54, 1.807) is 6.92 Å². The molecule has 1 aromatic carbocycles. The van der Waals surface area contributed by atoms with Gasteiger partial charge in [-0.25, -0.2) is 4.79 Å². The van der Waals surface area contributed by atoms with Gasteiger partial charge in [0, 0.05) is 24.2 Å². The summed E-state index contributed by atoms with van der Waals surface area (Å²) in [6.45, 7) is 6.21. The Balaban J connectivity index is 1.97. The van der Waals surface area contributed by atoms with Crippen LogP contribution >= 0.6 is 0 Å².